The first kappa shape index (κ1) is 14.3. The molecular weight excluding hydrogens is 301 g/mol. The molecule has 0 unspecified atom stereocenters. The van der Waals surface area contributed by atoms with Crippen molar-refractivity contribution < 1.29 is 4.92 Å². The smallest absolute Gasteiger partial charge is 0.270 e. The van der Waals surface area contributed by atoms with Gasteiger partial charge in [-0.05, 0) is 24.3 Å². The van der Waals surface area contributed by atoms with Crippen LogP contribution < -0.4 is 5.43 Å². The molecular formula is C13H9Cl2N3O2. The summed E-state index contributed by atoms with van der Waals surface area (Å²) in [6.07, 6.45) is 0. The minimum Gasteiger partial charge on any atom is -0.277 e. The van der Waals surface area contributed by atoms with E-state index >= 15 is 0 Å². The van der Waals surface area contributed by atoms with Crippen molar-refractivity contribution in [1.82, 2.24) is 0 Å². The second-order valence-electron chi connectivity index (χ2n) is 3.83. The molecule has 2 rings (SSSR count). The molecule has 2 aromatic rings. The van der Waals surface area contributed by atoms with Crippen molar-refractivity contribution in [3.05, 3.63) is 69.2 Å². The monoisotopic (exact) mass is 309 g/mol. The van der Waals surface area contributed by atoms with Gasteiger partial charge in [0, 0.05) is 22.7 Å². The second kappa shape index (κ2) is 6.36. The normalized spacial score (nSPS) is 11.2. The Kier molecular flexibility index (Phi) is 4.55. The summed E-state index contributed by atoms with van der Waals surface area (Å²) in [6, 6.07) is 12.8. The van der Waals surface area contributed by atoms with E-state index in [1.165, 1.54) is 12.1 Å². The Hall–Kier alpha value is -2.11. The zero-order valence-corrected chi connectivity index (χ0v) is 11.6. The minimum absolute atomic E-state index is 0.0395. The summed E-state index contributed by atoms with van der Waals surface area (Å²) < 4.78 is 0. The van der Waals surface area contributed by atoms with Crippen LogP contribution in [0.3, 0.4) is 0 Å². The molecule has 0 radical (unpaired) electrons. The molecule has 0 saturated heterocycles. The number of nitro groups is 1. The highest BCUT2D eigenvalue weighted by Crippen LogP contribution is 2.17. The molecule has 0 aliphatic carbocycles. The van der Waals surface area contributed by atoms with Crippen molar-refractivity contribution in [1.29, 1.82) is 0 Å². The Balaban J connectivity index is 2.16. The highest BCUT2D eigenvalue weighted by Gasteiger charge is 2.08. The predicted octanol–water partition coefficient (Wildman–Crippen LogP) is 4.26. The maximum atomic E-state index is 10.7. The Bertz CT molecular complexity index is 657. The van der Waals surface area contributed by atoms with Crippen LogP contribution in [0, 0.1) is 10.1 Å². The SMILES string of the molecule is O=[N+]([O-])c1cccc(C(Cl)=NNc2ccc(Cl)cc2)c1. The van der Waals surface area contributed by atoms with Gasteiger partial charge in [-0.3, -0.25) is 15.5 Å². The molecule has 0 saturated carbocycles. The number of nitro benzene ring substituents is 1. The highest BCUT2D eigenvalue weighted by molar-refractivity contribution is 6.69. The lowest BCUT2D eigenvalue weighted by Gasteiger charge is -2.02. The third-order valence-electron chi connectivity index (χ3n) is 2.42. The van der Waals surface area contributed by atoms with Gasteiger partial charge in [-0.1, -0.05) is 35.3 Å². The van der Waals surface area contributed by atoms with Crippen LogP contribution in [0.4, 0.5) is 11.4 Å². The van der Waals surface area contributed by atoms with Crippen LogP contribution in [-0.4, -0.2) is 10.1 Å². The van der Waals surface area contributed by atoms with Crippen LogP contribution in [-0.2, 0) is 0 Å². The molecule has 0 atom stereocenters. The predicted molar refractivity (Wildman–Crippen MR) is 80.6 cm³/mol. The topological polar surface area (TPSA) is 67.5 Å². The molecule has 5 nitrogen and oxygen atoms in total. The number of anilines is 1. The molecule has 0 aliphatic heterocycles. The molecule has 0 spiro atoms. The first-order valence-electron chi connectivity index (χ1n) is 5.56. The molecule has 0 aromatic heterocycles. The number of rotatable bonds is 4. The summed E-state index contributed by atoms with van der Waals surface area (Å²) in [7, 11) is 0. The number of nitrogens with one attached hydrogen (secondary N) is 1. The third kappa shape index (κ3) is 3.69. The van der Waals surface area contributed by atoms with Gasteiger partial charge in [0.15, 0.2) is 5.17 Å². The number of hydrogen-bond acceptors (Lipinski definition) is 4. The third-order valence-corrected chi connectivity index (χ3v) is 2.98. The minimum atomic E-state index is -0.486. The van der Waals surface area contributed by atoms with Crippen molar-refractivity contribution >= 4 is 39.7 Å². The number of halogens is 2. The number of non-ortho nitro benzene ring substituents is 1. The molecule has 0 bridgehead atoms. The van der Waals surface area contributed by atoms with Crippen LogP contribution >= 0.6 is 23.2 Å². The van der Waals surface area contributed by atoms with Gasteiger partial charge in [0.25, 0.3) is 5.69 Å². The quantitative estimate of drug-likeness (QED) is 0.521. The number of nitrogens with zero attached hydrogens (tertiary/aromatic N) is 2. The van der Waals surface area contributed by atoms with Crippen molar-refractivity contribution in [3.63, 3.8) is 0 Å². The van der Waals surface area contributed by atoms with E-state index in [9.17, 15) is 10.1 Å². The summed E-state index contributed by atoms with van der Waals surface area (Å²) in [5, 5.41) is 15.4. The van der Waals surface area contributed by atoms with Gasteiger partial charge in [0.2, 0.25) is 0 Å². The zero-order valence-electron chi connectivity index (χ0n) is 10.1. The molecule has 2 aromatic carbocycles. The zero-order chi connectivity index (χ0) is 14.5. The van der Waals surface area contributed by atoms with E-state index in [2.05, 4.69) is 10.5 Å². The van der Waals surface area contributed by atoms with Crippen LogP contribution in [0.1, 0.15) is 5.56 Å². The molecule has 0 amide bonds. The summed E-state index contributed by atoms with van der Waals surface area (Å²) in [6.45, 7) is 0. The maximum absolute atomic E-state index is 10.7. The van der Waals surface area contributed by atoms with Gasteiger partial charge in [-0.2, -0.15) is 5.10 Å². The molecule has 0 heterocycles. The van der Waals surface area contributed by atoms with Crippen LogP contribution in [0.25, 0.3) is 0 Å². The number of hydrazone groups is 1. The lowest BCUT2D eigenvalue weighted by Crippen LogP contribution is -1.98. The van der Waals surface area contributed by atoms with Gasteiger partial charge in [-0.15, -0.1) is 0 Å². The molecule has 1 N–H and O–H groups in total. The van der Waals surface area contributed by atoms with Gasteiger partial charge in [0.1, 0.15) is 0 Å². The Morgan fingerprint density at radius 3 is 2.55 bits per heavy atom. The van der Waals surface area contributed by atoms with E-state index in [0.717, 1.165) is 0 Å². The van der Waals surface area contributed by atoms with Crippen LogP contribution in [0.5, 0.6) is 0 Å². The maximum Gasteiger partial charge on any atom is 0.270 e. The number of hydrogen-bond donors (Lipinski definition) is 1. The van der Waals surface area contributed by atoms with Crippen LogP contribution in [0.15, 0.2) is 53.6 Å². The molecule has 7 heteroatoms. The first-order chi connectivity index (χ1) is 9.56. The van der Waals surface area contributed by atoms with Gasteiger partial charge < -0.3 is 0 Å². The Morgan fingerprint density at radius 2 is 1.90 bits per heavy atom. The average molecular weight is 310 g/mol. The summed E-state index contributed by atoms with van der Waals surface area (Å²) in [5.41, 5.74) is 3.87. The van der Waals surface area contributed by atoms with Crippen molar-refractivity contribution in [2.24, 2.45) is 5.10 Å². The highest BCUT2D eigenvalue weighted by atomic mass is 35.5. The van der Waals surface area contributed by atoms with Crippen molar-refractivity contribution in [3.8, 4) is 0 Å². The van der Waals surface area contributed by atoms with Crippen LogP contribution in [0.2, 0.25) is 5.02 Å². The van der Waals surface area contributed by atoms with Gasteiger partial charge in [0.05, 0.1) is 10.6 Å². The first-order valence-corrected chi connectivity index (χ1v) is 6.31. The van der Waals surface area contributed by atoms with Gasteiger partial charge in [-0.25, -0.2) is 0 Å². The lowest BCUT2D eigenvalue weighted by atomic mass is 10.2. The van der Waals surface area contributed by atoms with E-state index in [0.29, 0.717) is 16.3 Å². The Labute approximate surface area is 125 Å². The molecule has 0 aliphatic rings. The summed E-state index contributed by atoms with van der Waals surface area (Å²) in [4.78, 5) is 10.2. The lowest BCUT2D eigenvalue weighted by molar-refractivity contribution is -0.384. The summed E-state index contributed by atoms with van der Waals surface area (Å²) in [5.74, 6) is 0. The van der Waals surface area contributed by atoms with E-state index in [1.54, 1.807) is 36.4 Å². The molecule has 20 heavy (non-hydrogen) atoms. The second-order valence-corrected chi connectivity index (χ2v) is 4.62. The fourth-order valence-corrected chi connectivity index (χ4v) is 1.74. The van der Waals surface area contributed by atoms with E-state index in [4.69, 9.17) is 23.2 Å². The molecule has 0 fully saturated rings. The standard InChI is InChI=1S/C13H9Cl2N3O2/c14-10-4-6-11(7-5-10)16-17-13(15)9-2-1-3-12(8-9)18(19)20/h1-8,16H. The van der Waals surface area contributed by atoms with Crippen molar-refractivity contribution in [2.75, 3.05) is 5.43 Å². The molecule has 102 valence electrons. The van der Waals surface area contributed by atoms with Gasteiger partial charge >= 0.3 is 0 Å². The van der Waals surface area contributed by atoms with E-state index in [-0.39, 0.29) is 10.9 Å². The average Bonchev–Trinajstić information content (AvgIpc) is 2.46. The largest absolute Gasteiger partial charge is 0.277 e. The number of benzene rings is 2. The summed E-state index contributed by atoms with van der Waals surface area (Å²) >= 11 is 11.8. The van der Waals surface area contributed by atoms with Crippen molar-refractivity contribution in [2.45, 2.75) is 0 Å². The fraction of sp³-hybridized carbons (Fsp3) is 0. The van der Waals surface area contributed by atoms with E-state index < -0.39 is 4.92 Å². The van der Waals surface area contributed by atoms with E-state index in [1.807, 2.05) is 0 Å². The Morgan fingerprint density at radius 1 is 1.20 bits per heavy atom. The fourth-order valence-electron chi connectivity index (χ4n) is 1.45.